The van der Waals surface area contributed by atoms with Crippen molar-refractivity contribution in [3.05, 3.63) is 66.5 Å². The SMILES string of the molecule is COc1ccc(-n2ccc(CN=C(N)Nc3ccccc3OC(F)(F)F)n2)cc1. The molecule has 0 aliphatic heterocycles. The van der Waals surface area contributed by atoms with Crippen LogP contribution in [-0.4, -0.2) is 29.2 Å². The third kappa shape index (κ3) is 5.64. The van der Waals surface area contributed by atoms with E-state index in [1.165, 1.54) is 18.2 Å². The number of ether oxygens (including phenoxy) is 2. The highest BCUT2D eigenvalue weighted by molar-refractivity contribution is 5.93. The number of benzene rings is 2. The predicted octanol–water partition coefficient (Wildman–Crippen LogP) is 3.71. The average molecular weight is 405 g/mol. The van der Waals surface area contributed by atoms with Crippen LogP contribution < -0.4 is 20.5 Å². The van der Waals surface area contributed by atoms with Gasteiger partial charge in [-0.3, -0.25) is 0 Å². The summed E-state index contributed by atoms with van der Waals surface area (Å²) in [6, 6.07) is 14.7. The summed E-state index contributed by atoms with van der Waals surface area (Å²) in [4.78, 5) is 4.11. The summed E-state index contributed by atoms with van der Waals surface area (Å²) in [6.45, 7) is 0.143. The number of halogens is 3. The van der Waals surface area contributed by atoms with Gasteiger partial charge in [-0.15, -0.1) is 13.2 Å². The van der Waals surface area contributed by atoms with E-state index in [4.69, 9.17) is 10.5 Å². The summed E-state index contributed by atoms with van der Waals surface area (Å²) in [5.41, 5.74) is 7.31. The Balaban J connectivity index is 1.66. The second-order valence-electron chi connectivity index (χ2n) is 5.82. The van der Waals surface area contributed by atoms with Crippen LogP contribution in [0, 0.1) is 0 Å². The number of guanidine groups is 1. The average Bonchev–Trinajstić information content (AvgIpc) is 3.16. The molecule has 29 heavy (non-hydrogen) atoms. The smallest absolute Gasteiger partial charge is 0.497 e. The highest BCUT2D eigenvalue weighted by Crippen LogP contribution is 2.29. The first-order valence-corrected chi connectivity index (χ1v) is 8.45. The summed E-state index contributed by atoms with van der Waals surface area (Å²) >= 11 is 0. The summed E-state index contributed by atoms with van der Waals surface area (Å²) in [7, 11) is 1.59. The molecule has 1 aromatic heterocycles. The van der Waals surface area contributed by atoms with Gasteiger partial charge in [-0.25, -0.2) is 9.67 Å². The van der Waals surface area contributed by atoms with Gasteiger partial charge >= 0.3 is 6.36 Å². The van der Waals surface area contributed by atoms with Crippen molar-refractivity contribution in [3.8, 4) is 17.2 Å². The molecule has 0 atom stereocenters. The maximum Gasteiger partial charge on any atom is 0.573 e. The van der Waals surface area contributed by atoms with E-state index in [1.54, 1.807) is 30.1 Å². The lowest BCUT2D eigenvalue weighted by Gasteiger charge is -2.14. The quantitative estimate of drug-likeness (QED) is 0.482. The lowest BCUT2D eigenvalue weighted by molar-refractivity contribution is -0.274. The first kappa shape index (κ1) is 20.1. The molecule has 0 bridgehead atoms. The minimum absolute atomic E-state index is 0.0508. The number of alkyl halides is 3. The van der Waals surface area contributed by atoms with E-state index in [9.17, 15) is 13.2 Å². The van der Waals surface area contributed by atoms with Gasteiger partial charge in [-0.05, 0) is 42.5 Å². The summed E-state index contributed by atoms with van der Waals surface area (Å²) in [6.07, 6.45) is -3.04. The minimum atomic E-state index is -4.81. The maximum absolute atomic E-state index is 12.5. The molecule has 0 aliphatic carbocycles. The number of aliphatic imine (C=N–C) groups is 1. The van der Waals surface area contributed by atoms with E-state index in [-0.39, 0.29) is 18.2 Å². The fourth-order valence-electron chi connectivity index (χ4n) is 2.45. The molecule has 152 valence electrons. The first-order chi connectivity index (χ1) is 13.8. The Labute approximate surface area is 164 Å². The Morgan fingerprint density at radius 2 is 1.86 bits per heavy atom. The van der Waals surface area contributed by atoms with E-state index < -0.39 is 12.1 Å². The monoisotopic (exact) mass is 405 g/mol. The molecule has 0 aliphatic rings. The summed E-state index contributed by atoms with van der Waals surface area (Å²) < 4.78 is 48.2. The van der Waals surface area contributed by atoms with Crippen molar-refractivity contribution in [3.63, 3.8) is 0 Å². The number of nitrogens with zero attached hydrogens (tertiary/aromatic N) is 3. The van der Waals surface area contributed by atoms with Crippen LogP contribution in [0.4, 0.5) is 18.9 Å². The third-order valence-corrected chi connectivity index (χ3v) is 3.77. The molecule has 0 saturated heterocycles. The van der Waals surface area contributed by atoms with Crippen LogP contribution in [0.25, 0.3) is 5.69 Å². The van der Waals surface area contributed by atoms with Crippen molar-refractivity contribution in [1.29, 1.82) is 0 Å². The van der Waals surface area contributed by atoms with Crippen LogP contribution >= 0.6 is 0 Å². The van der Waals surface area contributed by atoms with Crippen molar-refractivity contribution in [2.75, 3.05) is 12.4 Å². The fraction of sp³-hybridized carbons (Fsp3) is 0.158. The maximum atomic E-state index is 12.5. The lowest BCUT2D eigenvalue weighted by atomic mass is 10.3. The zero-order chi connectivity index (χ0) is 20.9. The van der Waals surface area contributed by atoms with Gasteiger partial charge in [0, 0.05) is 6.20 Å². The zero-order valence-corrected chi connectivity index (χ0v) is 15.3. The van der Waals surface area contributed by atoms with E-state index in [0.29, 0.717) is 5.69 Å². The van der Waals surface area contributed by atoms with Crippen molar-refractivity contribution >= 4 is 11.6 Å². The molecule has 3 N–H and O–H groups in total. The number of nitrogens with one attached hydrogen (secondary N) is 1. The molecule has 0 fully saturated rings. The Bertz CT molecular complexity index is 984. The Hall–Kier alpha value is -3.69. The molecule has 2 aromatic carbocycles. The molecule has 0 radical (unpaired) electrons. The topological polar surface area (TPSA) is 86.7 Å². The van der Waals surface area contributed by atoms with Gasteiger partial charge in [0.25, 0.3) is 0 Å². The molecule has 0 spiro atoms. The van der Waals surface area contributed by atoms with Crippen molar-refractivity contribution in [2.45, 2.75) is 12.9 Å². The van der Waals surface area contributed by atoms with Gasteiger partial charge in [-0.1, -0.05) is 12.1 Å². The van der Waals surface area contributed by atoms with Gasteiger partial charge in [0.1, 0.15) is 5.75 Å². The Morgan fingerprint density at radius 3 is 2.55 bits per heavy atom. The molecule has 0 unspecified atom stereocenters. The van der Waals surface area contributed by atoms with Crippen LogP contribution in [0.3, 0.4) is 0 Å². The standard InChI is InChI=1S/C19H18F3N5O2/c1-28-15-8-6-14(7-9-15)27-11-10-13(26-27)12-24-18(23)25-16-4-2-3-5-17(16)29-19(20,21)22/h2-11H,12H2,1H3,(H3,23,24,25). The van der Waals surface area contributed by atoms with Gasteiger partial charge in [0.2, 0.25) is 0 Å². The highest BCUT2D eigenvalue weighted by atomic mass is 19.4. The third-order valence-electron chi connectivity index (χ3n) is 3.77. The van der Waals surface area contributed by atoms with Crippen molar-refractivity contribution in [1.82, 2.24) is 9.78 Å². The molecular formula is C19H18F3N5O2. The van der Waals surface area contributed by atoms with Crippen LogP contribution in [0.15, 0.2) is 65.8 Å². The zero-order valence-electron chi connectivity index (χ0n) is 15.3. The normalized spacial score (nSPS) is 11.9. The number of aromatic nitrogens is 2. The van der Waals surface area contributed by atoms with E-state index >= 15 is 0 Å². The van der Waals surface area contributed by atoms with Crippen molar-refractivity contribution < 1.29 is 22.6 Å². The first-order valence-electron chi connectivity index (χ1n) is 8.45. The molecule has 3 aromatic rings. The number of nitrogens with two attached hydrogens (primary N) is 1. The Kier molecular flexibility index (Phi) is 5.91. The van der Waals surface area contributed by atoms with Crippen LogP contribution in [0.2, 0.25) is 0 Å². The van der Waals surface area contributed by atoms with E-state index in [1.807, 2.05) is 24.3 Å². The van der Waals surface area contributed by atoms with Gasteiger partial charge < -0.3 is 20.5 Å². The number of rotatable bonds is 6. The Morgan fingerprint density at radius 1 is 1.14 bits per heavy atom. The van der Waals surface area contributed by atoms with E-state index in [2.05, 4.69) is 20.1 Å². The number of anilines is 1. The fourth-order valence-corrected chi connectivity index (χ4v) is 2.45. The lowest BCUT2D eigenvalue weighted by Crippen LogP contribution is -2.24. The second kappa shape index (κ2) is 8.55. The molecule has 3 rings (SSSR count). The van der Waals surface area contributed by atoms with Crippen LogP contribution in [0.5, 0.6) is 11.5 Å². The van der Waals surface area contributed by atoms with Crippen molar-refractivity contribution in [2.24, 2.45) is 10.7 Å². The predicted molar refractivity (Wildman–Crippen MR) is 102 cm³/mol. The van der Waals surface area contributed by atoms with Crippen LogP contribution in [-0.2, 0) is 6.54 Å². The largest absolute Gasteiger partial charge is 0.573 e. The molecule has 0 saturated carbocycles. The number of para-hydroxylation sites is 2. The molecule has 7 nitrogen and oxygen atoms in total. The number of hydrogen-bond acceptors (Lipinski definition) is 4. The summed E-state index contributed by atoms with van der Waals surface area (Å²) in [5.74, 6) is 0.267. The van der Waals surface area contributed by atoms with Crippen LogP contribution in [0.1, 0.15) is 5.69 Å². The molecule has 1 heterocycles. The highest BCUT2D eigenvalue weighted by Gasteiger charge is 2.32. The second-order valence-corrected chi connectivity index (χ2v) is 5.82. The van der Waals surface area contributed by atoms with Gasteiger partial charge in [0.05, 0.1) is 30.7 Å². The molecular weight excluding hydrogens is 387 g/mol. The summed E-state index contributed by atoms with van der Waals surface area (Å²) in [5, 5.41) is 7.00. The molecule has 10 heteroatoms. The minimum Gasteiger partial charge on any atom is -0.497 e. The van der Waals surface area contributed by atoms with Gasteiger partial charge in [0.15, 0.2) is 11.7 Å². The number of methoxy groups -OCH3 is 1. The van der Waals surface area contributed by atoms with Gasteiger partial charge in [-0.2, -0.15) is 5.10 Å². The number of hydrogen-bond donors (Lipinski definition) is 2. The van der Waals surface area contributed by atoms with E-state index in [0.717, 1.165) is 11.4 Å². The molecule has 0 amide bonds.